The number of hydrogen-bond acceptors (Lipinski definition) is 3. The van der Waals surface area contributed by atoms with Crippen LogP contribution in [0.2, 0.25) is 0 Å². The van der Waals surface area contributed by atoms with Crippen molar-refractivity contribution in [2.45, 2.75) is 32.6 Å². The van der Waals surface area contributed by atoms with E-state index in [-0.39, 0.29) is 11.1 Å². The Balaban J connectivity index is 2.66. The van der Waals surface area contributed by atoms with Gasteiger partial charge in [0.1, 0.15) is 5.82 Å². The van der Waals surface area contributed by atoms with Crippen LogP contribution < -0.4 is 11.0 Å². The van der Waals surface area contributed by atoms with Crippen LogP contribution in [0.15, 0.2) is 4.79 Å². The van der Waals surface area contributed by atoms with E-state index in [1.807, 2.05) is 0 Å². The van der Waals surface area contributed by atoms with Gasteiger partial charge in [0, 0.05) is 23.2 Å². The molecule has 76 valence electrons. The molecule has 2 heterocycles. The van der Waals surface area contributed by atoms with Crippen molar-refractivity contribution in [2.24, 2.45) is 0 Å². The smallest absolute Gasteiger partial charge is 0.347 e. The molecule has 0 radical (unpaired) electrons. The molecule has 0 unspecified atom stereocenters. The number of nitrogens with one attached hydrogen (secondary N) is 2. The number of aromatic amines is 1. The lowest BCUT2D eigenvalue weighted by Crippen LogP contribution is -2.23. The summed E-state index contributed by atoms with van der Waals surface area (Å²) in [7, 11) is 0. The first-order valence-electron chi connectivity index (χ1n) is 4.86. The standard InChI is InChI=1S/C10H15N3O/c1-10(2,3)7-6-4-5-11-8(6)13-9(14)12-7/h4-5H2,1-3H3,(H2,11,12,13,14). The van der Waals surface area contributed by atoms with Crippen LogP contribution in [0.3, 0.4) is 0 Å². The first kappa shape index (κ1) is 9.24. The molecular formula is C10H15N3O. The molecule has 0 aliphatic carbocycles. The van der Waals surface area contributed by atoms with Crippen LogP contribution in [-0.4, -0.2) is 16.5 Å². The molecule has 4 nitrogen and oxygen atoms in total. The third-order valence-corrected chi connectivity index (χ3v) is 2.45. The van der Waals surface area contributed by atoms with Gasteiger partial charge in [-0.25, -0.2) is 4.79 Å². The molecule has 2 N–H and O–H groups in total. The number of fused-ring (bicyclic) bond motifs is 1. The van der Waals surface area contributed by atoms with E-state index in [1.165, 1.54) is 0 Å². The Morgan fingerprint density at radius 3 is 2.71 bits per heavy atom. The van der Waals surface area contributed by atoms with Gasteiger partial charge in [-0.3, -0.25) is 0 Å². The van der Waals surface area contributed by atoms with Crippen molar-refractivity contribution in [1.82, 2.24) is 9.97 Å². The summed E-state index contributed by atoms with van der Waals surface area (Å²) < 4.78 is 0. The summed E-state index contributed by atoms with van der Waals surface area (Å²) in [4.78, 5) is 18.0. The Kier molecular flexibility index (Phi) is 1.87. The van der Waals surface area contributed by atoms with Crippen molar-refractivity contribution >= 4 is 5.82 Å². The maximum absolute atomic E-state index is 11.3. The van der Waals surface area contributed by atoms with E-state index >= 15 is 0 Å². The first-order chi connectivity index (χ1) is 6.48. The number of hydrogen-bond donors (Lipinski definition) is 2. The summed E-state index contributed by atoms with van der Waals surface area (Å²) in [6.07, 6.45) is 0.950. The molecule has 4 heteroatoms. The van der Waals surface area contributed by atoms with E-state index < -0.39 is 0 Å². The Labute approximate surface area is 82.8 Å². The Morgan fingerprint density at radius 1 is 1.36 bits per heavy atom. The molecular weight excluding hydrogens is 178 g/mol. The van der Waals surface area contributed by atoms with Crippen LogP contribution in [0.1, 0.15) is 32.0 Å². The quantitative estimate of drug-likeness (QED) is 0.647. The van der Waals surface area contributed by atoms with E-state index in [9.17, 15) is 4.79 Å². The van der Waals surface area contributed by atoms with Crippen molar-refractivity contribution in [1.29, 1.82) is 0 Å². The fraction of sp³-hybridized carbons (Fsp3) is 0.600. The van der Waals surface area contributed by atoms with E-state index in [1.54, 1.807) is 0 Å². The van der Waals surface area contributed by atoms with Gasteiger partial charge in [-0.1, -0.05) is 20.8 Å². The summed E-state index contributed by atoms with van der Waals surface area (Å²) in [5, 5.41) is 3.12. The number of nitrogens with zero attached hydrogens (tertiary/aromatic N) is 1. The topological polar surface area (TPSA) is 57.8 Å². The van der Waals surface area contributed by atoms with Crippen molar-refractivity contribution in [3.05, 3.63) is 21.7 Å². The van der Waals surface area contributed by atoms with Gasteiger partial charge in [0.25, 0.3) is 0 Å². The van der Waals surface area contributed by atoms with Gasteiger partial charge >= 0.3 is 5.69 Å². The molecule has 0 saturated heterocycles. The maximum Gasteiger partial charge on any atom is 0.347 e. The highest BCUT2D eigenvalue weighted by molar-refractivity contribution is 5.51. The average molecular weight is 193 g/mol. The van der Waals surface area contributed by atoms with Crippen LogP contribution in [0.4, 0.5) is 5.82 Å². The first-order valence-corrected chi connectivity index (χ1v) is 4.86. The second-order valence-corrected chi connectivity index (χ2v) is 4.67. The predicted molar refractivity (Wildman–Crippen MR) is 55.8 cm³/mol. The minimum Gasteiger partial charge on any atom is -0.369 e. The van der Waals surface area contributed by atoms with Crippen molar-refractivity contribution in [2.75, 3.05) is 11.9 Å². The Morgan fingerprint density at radius 2 is 2.07 bits per heavy atom. The summed E-state index contributed by atoms with van der Waals surface area (Å²) >= 11 is 0. The lowest BCUT2D eigenvalue weighted by atomic mass is 9.88. The minimum absolute atomic E-state index is 0.0296. The van der Waals surface area contributed by atoms with Crippen molar-refractivity contribution < 1.29 is 0 Å². The van der Waals surface area contributed by atoms with Gasteiger partial charge in [0.05, 0.1) is 0 Å². The van der Waals surface area contributed by atoms with E-state index in [4.69, 9.17) is 0 Å². The van der Waals surface area contributed by atoms with Crippen LogP contribution in [0.25, 0.3) is 0 Å². The highest BCUT2D eigenvalue weighted by atomic mass is 16.1. The SMILES string of the molecule is CC(C)(C)c1[nH]c(=O)nc2c1CCN2. The van der Waals surface area contributed by atoms with Crippen LogP contribution in [0, 0.1) is 0 Å². The summed E-state index contributed by atoms with van der Waals surface area (Å²) in [6, 6.07) is 0. The lowest BCUT2D eigenvalue weighted by molar-refractivity contribution is 0.558. The zero-order valence-corrected chi connectivity index (χ0v) is 8.77. The monoisotopic (exact) mass is 193 g/mol. The summed E-state index contributed by atoms with van der Waals surface area (Å²) in [6.45, 7) is 7.16. The Hall–Kier alpha value is -1.32. The highest BCUT2D eigenvalue weighted by Gasteiger charge is 2.24. The second-order valence-electron chi connectivity index (χ2n) is 4.67. The second kappa shape index (κ2) is 2.83. The number of rotatable bonds is 0. The van der Waals surface area contributed by atoms with Gasteiger partial charge in [-0.05, 0) is 6.42 Å². The van der Waals surface area contributed by atoms with Crippen LogP contribution >= 0.6 is 0 Å². The van der Waals surface area contributed by atoms with Crippen LogP contribution in [0.5, 0.6) is 0 Å². The van der Waals surface area contributed by atoms with Crippen molar-refractivity contribution in [3.8, 4) is 0 Å². The predicted octanol–water partition coefficient (Wildman–Crippen LogP) is 1.04. The minimum atomic E-state index is -0.261. The largest absolute Gasteiger partial charge is 0.369 e. The molecule has 14 heavy (non-hydrogen) atoms. The number of H-pyrrole nitrogens is 1. The molecule has 0 aromatic carbocycles. The van der Waals surface area contributed by atoms with Gasteiger partial charge in [0.15, 0.2) is 0 Å². The molecule has 2 rings (SSSR count). The van der Waals surface area contributed by atoms with E-state index in [0.29, 0.717) is 0 Å². The summed E-state index contributed by atoms with van der Waals surface area (Å²) in [5.74, 6) is 0.763. The fourth-order valence-electron chi connectivity index (χ4n) is 1.83. The van der Waals surface area contributed by atoms with E-state index in [2.05, 4.69) is 36.1 Å². The third kappa shape index (κ3) is 1.41. The molecule has 1 aromatic heterocycles. The van der Waals surface area contributed by atoms with E-state index in [0.717, 1.165) is 30.0 Å². The average Bonchev–Trinajstić information content (AvgIpc) is 2.47. The zero-order valence-electron chi connectivity index (χ0n) is 8.77. The number of aromatic nitrogens is 2. The normalized spacial score (nSPS) is 15.1. The molecule has 1 aromatic rings. The van der Waals surface area contributed by atoms with Crippen molar-refractivity contribution in [3.63, 3.8) is 0 Å². The van der Waals surface area contributed by atoms with Gasteiger partial charge in [-0.15, -0.1) is 0 Å². The fourth-order valence-corrected chi connectivity index (χ4v) is 1.83. The van der Waals surface area contributed by atoms with Gasteiger partial charge in [0.2, 0.25) is 0 Å². The van der Waals surface area contributed by atoms with Crippen LogP contribution in [-0.2, 0) is 11.8 Å². The molecule has 0 atom stereocenters. The molecule has 0 amide bonds. The molecule has 1 aliphatic heterocycles. The molecule has 1 aliphatic rings. The number of anilines is 1. The third-order valence-electron chi connectivity index (χ3n) is 2.45. The maximum atomic E-state index is 11.3. The Bertz CT molecular complexity index is 414. The zero-order chi connectivity index (χ0) is 10.3. The van der Waals surface area contributed by atoms with Gasteiger partial charge in [-0.2, -0.15) is 4.98 Å². The molecule has 0 fully saturated rings. The molecule has 0 saturated carbocycles. The highest BCUT2D eigenvalue weighted by Crippen LogP contribution is 2.29. The summed E-state index contributed by atoms with van der Waals surface area (Å²) in [5.41, 5.74) is 1.88. The van der Waals surface area contributed by atoms with Gasteiger partial charge < -0.3 is 10.3 Å². The molecule has 0 spiro atoms. The lowest BCUT2D eigenvalue weighted by Gasteiger charge is -2.20. The molecule has 0 bridgehead atoms.